The molecule has 24 heavy (non-hydrogen) atoms. The van der Waals surface area contributed by atoms with Gasteiger partial charge in [0.05, 0.1) is 24.1 Å². The van der Waals surface area contributed by atoms with E-state index in [1.807, 2.05) is 36.4 Å². The van der Waals surface area contributed by atoms with Crippen molar-refractivity contribution in [2.45, 2.75) is 6.61 Å². The summed E-state index contributed by atoms with van der Waals surface area (Å²) >= 11 is 0. The molecule has 6 nitrogen and oxygen atoms in total. The number of ether oxygens (including phenoxy) is 2. The summed E-state index contributed by atoms with van der Waals surface area (Å²) in [5, 5.41) is 13.9. The molecule has 0 bridgehead atoms. The number of hydrogen-bond donors (Lipinski definition) is 1. The summed E-state index contributed by atoms with van der Waals surface area (Å²) in [7, 11) is 1.62. The maximum Gasteiger partial charge on any atom is 0.336 e. The van der Waals surface area contributed by atoms with Crippen molar-refractivity contribution in [1.29, 1.82) is 0 Å². The zero-order chi connectivity index (χ0) is 16.7. The van der Waals surface area contributed by atoms with E-state index in [1.165, 1.54) is 0 Å². The number of carbonyl (C=O) groups is 1. The van der Waals surface area contributed by atoms with Crippen LogP contribution in [0.2, 0.25) is 0 Å². The molecule has 1 aliphatic rings. The maximum atomic E-state index is 11.4. The predicted molar refractivity (Wildman–Crippen MR) is 86.8 cm³/mol. The minimum Gasteiger partial charge on any atom is -0.497 e. The van der Waals surface area contributed by atoms with Gasteiger partial charge in [-0.1, -0.05) is 18.2 Å². The fraction of sp³-hybridized carbons (Fsp3) is 0.111. The van der Waals surface area contributed by atoms with E-state index in [9.17, 15) is 9.90 Å². The number of carboxylic acids is 1. The van der Waals surface area contributed by atoms with Crippen LogP contribution in [-0.2, 0) is 6.61 Å². The second kappa shape index (κ2) is 5.42. The van der Waals surface area contributed by atoms with E-state index in [-0.39, 0.29) is 12.2 Å². The number of hydrogen-bond acceptors (Lipinski definition) is 4. The van der Waals surface area contributed by atoms with Gasteiger partial charge in [-0.15, -0.1) is 0 Å². The molecule has 1 aliphatic heterocycles. The molecule has 0 aliphatic carbocycles. The average Bonchev–Trinajstić information content (AvgIpc) is 3.06. The molecule has 3 aromatic rings. The van der Waals surface area contributed by atoms with Gasteiger partial charge in [-0.3, -0.25) is 0 Å². The number of nitrogens with zero attached hydrogens (tertiary/aromatic N) is 2. The van der Waals surface area contributed by atoms with Gasteiger partial charge < -0.3 is 14.6 Å². The quantitative estimate of drug-likeness (QED) is 0.802. The van der Waals surface area contributed by atoms with Crippen molar-refractivity contribution in [2.75, 3.05) is 7.11 Å². The maximum absolute atomic E-state index is 11.4. The molecule has 2 heterocycles. The molecule has 0 atom stereocenters. The van der Waals surface area contributed by atoms with Crippen molar-refractivity contribution >= 4 is 5.97 Å². The van der Waals surface area contributed by atoms with Crippen LogP contribution in [0.4, 0.5) is 0 Å². The van der Waals surface area contributed by atoms with E-state index in [4.69, 9.17) is 9.47 Å². The number of methoxy groups -OCH3 is 1. The Morgan fingerprint density at radius 1 is 1.25 bits per heavy atom. The number of aromatic carboxylic acids is 1. The Bertz CT molecular complexity index is 946. The lowest BCUT2D eigenvalue weighted by atomic mass is 10.1. The topological polar surface area (TPSA) is 73.6 Å². The Morgan fingerprint density at radius 3 is 2.88 bits per heavy atom. The zero-order valence-electron chi connectivity index (χ0n) is 12.9. The molecule has 1 aromatic heterocycles. The number of benzene rings is 2. The highest BCUT2D eigenvalue weighted by molar-refractivity contribution is 5.90. The second-order valence-corrected chi connectivity index (χ2v) is 5.41. The monoisotopic (exact) mass is 322 g/mol. The third-order valence-electron chi connectivity index (χ3n) is 4.02. The van der Waals surface area contributed by atoms with Crippen molar-refractivity contribution in [3.63, 3.8) is 0 Å². The van der Waals surface area contributed by atoms with Crippen LogP contribution in [-0.4, -0.2) is 28.0 Å². The van der Waals surface area contributed by atoms with Gasteiger partial charge in [0, 0.05) is 17.2 Å². The van der Waals surface area contributed by atoms with E-state index >= 15 is 0 Å². The minimum atomic E-state index is -0.973. The molecule has 0 unspecified atom stereocenters. The Balaban J connectivity index is 1.84. The van der Waals surface area contributed by atoms with E-state index < -0.39 is 5.97 Å². The van der Waals surface area contributed by atoms with Gasteiger partial charge in [0.1, 0.15) is 12.4 Å². The van der Waals surface area contributed by atoms with Crippen molar-refractivity contribution in [2.24, 2.45) is 0 Å². The summed E-state index contributed by atoms with van der Waals surface area (Å²) in [6.07, 6.45) is 0. The summed E-state index contributed by atoms with van der Waals surface area (Å²) in [5.74, 6) is 0.356. The highest BCUT2D eigenvalue weighted by Crippen LogP contribution is 2.34. The van der Waals surface area contributed by atoms with Gasteiger partial charge in [0.25, 0.3) is 0 Å². The lowest BCUT2D eigenvalue weighted by Crippen LogP contribution is -2.16. The molecule has 1 N–H and O–H groups in total. The third-order valence-corrected chi connectivity index (χ3v) is 4.02. The first-order valence-corrected chi connectivity index (χ1v) is 7.40. The molecule has 0 radical (unpaired) electrons. The van der Waals surface area contributed by atoms with Crippen molar-refractivity contribution in [3.8, 4) is 28.6 Å². The van der Waals surface area contributed by atoms with Gasteiger partial charge >= 0.3 is 5.97 Å². The van der Waals surface area contributed by atoms with Crippen LogP contribution in [0, 0.1) is 0 Å². The fourth-order valence-corrected chi connectivity index (χ4v) is 2.83. The molecule has 0 amide bonds. The predicted octanol–water partition coefficient (Wildman–Crippen LogP) is 3.14. The molecule has 0 saturated carbocycles. The van der Waals surface area contributed by atoms with Crippen molar-refractivity contribution in [1.82, 2.24) is 9.78 Å². The molecular formula is C18H14N2O4. The first-order chi connectivity index (χ1) is 11.7. The average molecular weight is 322 g/mol. The van der Waals surface area contributed by atoms with Crippen LogP contribution in [0.15, 0.2) is 48.5 Å². The smallest absolute Gasteiger partial charge is 0.336 e. The summed E-state index contributed by atoms with van der Waals surface area (Å²) in [5.41, 5.74) is 3.22. The minimum absolute atomic E-state index is 0.209. The standard InChI is InChI=1S/C18H14N2O4/c1-23-12-5-2-4-11(8-12)15-9-17-20(19-15)16-7-3-6-13(18(21)22)14(16)10-24-17/h2-9H,10H2,1H3,(H,21,22). The first-order valence-electron chi connectivity index (χ1n) is 7.40. The van der Waals surface area contributed by atoms with Crippen LogP contribution in [0.5, 0.6) is 11.6 Å². The van der Waals surface area contributed by atoms with Gasteiger partial charge in [0.15, 0.2) is 0 Å². The van der Waals surface area contributed by atoms with Crippen LogP contribution in [0.25, 0.3) is 16.9 Å². The third kappa shape index (κ3) is 2.20. The van der Waals surface area contributed by atoms with Crippen LogP contribution in [0.1, 0.15) is 15.9 Å². The van der Waals surface area contributed by atoms with Crippen molar-refractivity contribution < 1.29 is 19.4 Å². The molecule has 0 fully saturated rings. The molecule has 4 rings (SSSR count). The van der Waals surface area contributed by atoms with Crippen molar-refractivity contribution in [3.05, 3.63) is 59.7 Å². The van der Waals surface area contributed by atoms with Crippen LogP contribution >= 0.6 is 0 Å². The molecule has 6 heteroatoms. The number of fused-ring (bicyclic) bond motifs is 3. The SMILES string of the molecule is COc1cccc(-c2cc3n(n2)-c2cccc(C(=O)O)c2CO3)c1. The Labute approximate surface area is 137 Å². The number of aromatic nitrogens is 2. The largest absolute Gasteiger partial charge is 0.497 e. The zero-order valence-corrected chi connectivity index (χ0v) is 12.9. The molecule has 0 spiro atoms. The number of rotatable bonds is 3. The highest BCUT2D eigenvalue weighted by atomic mass is 16.5. The molecule has 0 saturated heterocycles. The second-order valence-electron chi connectivity index (χ2n) is 5.41. The number of carboxylic acid groups (broad SMARTS) is 1. The molecular weight excluding hydrogens is 308 g/mol. The summed E-state index contributed by atoms with van der Waals surface area (Å²) < 4.78 is 12.6. The highest BCUT2D eigenvalue weighted by Gasteiger charge is 2.24. The normalized spacial score (nSPS) is 12.0. The van der Waals surface area contributed by atoms with E-state index in [0.29, 0.717) is 11.4 Å². The van der Waals surface area contributed by atoms with Gasteiger partial charge in [0.2, 0.25) is 5.88 Å². The van der Waals surface area contributed by atoms with Crippen LogP contribution in [0.3, 0.4) is 0 Å². The Hall–Kier alpha value is -3.28. The molecule has 120 valence electrons. The van der Waals surface area contributed by atoms with E-state index in [1.54, 1.807) is 23.9 Å². The molecule has 2 aromatic carbocycles. The summed E-state index contributed by atoms with van der Waals surface area (Å²) in [6, 6.07) is 14.6. The van der Waals surface area contributed by atoms with Gasteiger partial charge in [-0.05, 0) is 24.3 Å². The lowest BCUT2D eigenvalue weighted by Gasteiger charge is -2.20. The Morgan fingerprint density at radius 2 is 2.08 bits per heavy atom. The lowest BCUT2D eigenvalue weighted by molar-refractivity contribution is 0.0693. The first kappa shape index (κ1) is 14.3. The fourth-order valence-electron chi connectivity index (χ4n) is 2.83. The summed E-state index contributed by atoms with van der Waals surface area (Å²) in [6.45, 7) is 0.209. The van der Waals surface area contributed by atoms with E-state index in [2.05, 4.69) is 5.10 Å². The summed E-state index contributed by atoms with van der Waals surface area (Å²) in [4.78, 5) is 11.4. The van der Waals surface area contributed by atoms with Gasteiger partial charge in [-0.2, -0.15) is 5.10 Å². The van der Waals surface area contributed by atoms with Gasteiger partial charge in [-0.25, -0.2) is 9.48 Å². The van der Waals surface area contributed by atoms with E-state index in [0.717, 1.165) is 22.7 Å². The Kier molecular flexibility index (Phi) is 3.23. The van der Waals surface area contributed by atoms with Crippen LogP contribution < -0.4 is 9.47 Å².